The molecule has 0 aliphatic rings. The van der Waals surface area contributed by atoms with Crippen molar-refractivity contribution in [2.45, 2.75) is 6.92 Å². The van der Waals surface area contributed by atoms with Gasteiger partial charge in [-0.05, 0) is 13.0 Å². The average Bonchev–Trinajstić information content (AvgIpc) is 2.13. The van der Waals surface area contributed by atoms with Gasteiger partial charge in [0.15, 0.2) is 0 Å². The van der Waals surface area contributed by atoms with E-state index in [1.807, 2.05) is 19.2 Å². The second-order valence-electron chi connectivity index (χ2n) is 1.92. The van der Waals surface area contributed by atoms with Crippen LogP contribution in [0.2, 0.25) is 0 Å². The first kappa shape index (κ1) is 6.43. The number of aromatic amines is 1. The highest BCUT2D eigenvalue weighted by Gasteiger charge is 1.98. The summed E-state index contributed by atoms with van der Waals surface area (Å²) >= 11 is 5.64. The Kier molecular flexibility index (Phi) is 1.63. The number of hydrogen-bond acceptors (Lipinski definition) is 0. The van der Waals surface area contributed by atoms with Gasteiger partial charge in [0.2, 0.25) is 0 Å². The second-order valence-corrected chi connectivity index (χ2v) is 2.38. The van der Waals surface area contributed by atoms with E-state index < -0.39 is 0 Å². The Morgan fingerprint density at radius 3 is 2.67 bits per heavy atom. The number of H-pyrrole nitrogens is 1. The number of aromatic nitrogens is 1. The topological polar surface area (TPSA) is 15.8 Å². The number of nitrogens with one attached hydrogen (secondary N) is 1. The van der Waals surface area contributed by atoms with E-state index >= 15 is 0 Å². The summed E-state index contributed by atoms with van der Waals surface area (Å²) in [5, 5.41) is 0.591. The number of hydrogen-bond donors (Lipinski definition) is 1. The van der Waals surface area contributed by atoms with Crippen molar-refractivity contribution in [1.29, 1.82) is 0 Å². The van der Waals surface area contributed by atoms with E-state index in [2.05, 4.69) is 11.6 Å². The lowest BCUT2D eigenvalue weighted by molar-refractivity contribution is 1.26. The third kappa shape index (κ3) is 1.16. The third-order valence-electron chi connectivity index (χ3n) is 1.25. The van der Waals surface area contributed by atoms with Crippen LogP contribution in [0.1, 0.15) is 11.3 Å². The van der Waals surface area contributed by atoms with Gasteiger partial charge in [0, 0.05) is 22.5 Å². The molecule has 0 spiro atoms. The molecule has 48 valence electrons. The molecular formula is C7H8ClN. The van der Waals surface area contributed by atoms with E-state index in [0.717, 1.165) is 11.3 Å². The highest BCUT2D eigenvalue weighted by molar-refractivity contribution is 6.48. The molecule has 0 saturated carbocycles. The molecule has 2 heteroatoms. The fourth-order valence-electron chi connectivity index (χ4n) is 0.747. The second kappa shape index (κ2) is 2.28. The van der Waals surface area contributed by atoms with Crippen molar-refractivity contribution in [3.8, 4) is 0 Å². The van der Waals surface area contributed by atoms with Crippen molar-refractivity contribution >= 4 is 16.6 Å². The van der Waals surface area contributed by atoms with E-state index in [-0.39, 0.29) is 0 Å². The molecule has 0 fully saturated rings. The Bertz CT molecular complexity index is 225. The van der Waals surface area contributed by atoms with Gasteiger partial charge < -0.3 is 4.98 Å². The molecule has 0 amide bonds. The van der Waals surface area contributed by atoms with Gasteiger partial charge in [-0.3, -0.25) is 0 Å². The van der Waals surface area contributed by atoms with Crippen LogP contribution >= 0.6 is 11.6 Å². The standard InChI is InChI=1S/C7H8ClN/c1-5(8)7-3-4-9-6(7)2/h3-4,9H,1H2,2H3. The Hall–Kier alpha value is -0.690. The zero-order valence-corrected chi connectivity index (χ0v) is 6.00. The zero-order chi connectivity index (χ0) is 6.85. The lowest BCUT2D eigenvalue weighted by atomic mass is 10.2. The molecule has 0 unspecified atom stereocenters. The van der Waals surface area contributed by atoms with Crippen molar-refractivity contribution in [3.05, 3.63) is 30.1 Å². The van der Waals surface area contributed by atoms with Crippen molar-refractivity contribution in [3.63, 3.8) is 0 Å². The Morgan fingerprint density at radius 2 is 2.44 bits per heavy atom. The molecule has 0 radical (unpaired) electrons. The van der Waals surface area contributed by atoms with Crippen molar-refractivity contribution in [2.24, 2.45) is 0 Å². The van der Waals surface area contributed by atoms with E-state index in [0.29, 0.717) is 5.03 Å². The SMILES string of the molecule is C=C(Cl)c1cc[nH]c1C. The van der Waals surface area contributed by atoms with Gasteiger partial charge in [0.25, 0.3) is 0 Å². The zero-order valence-electron chi connectivity index (χ0n) is 5.24. The first-order chi connectivity index (χ1) is 4.22. The van der Waals surface area contributed by atoms with Crippen LogP contribution in [0, 0.1) is 6.92 Å². The molecular weight excluding hydrogens is 134 g/mol. The smallest absolute Gasteiger partial charge is 0.0424 e. The van der Waals surface area contributed by atoms with Crippen LogP contribution in [-0.4, -0.2) is 4.98 Å². The first-order valence-electron chi connectivity index (χ1n) is 2.70. The number of rotatable bonds is 1. The first-order valence-corrected chi connectivity index (χ1v) is 3.08. The van der Waals surface area contributed by atoms with E-state index in [9.17, 15) is 0 Å². The van der Waals surface area contributed by atoms with Gasteiger partial charge in [-0.2, -0.15) is 0 Å². The van der Waals surface area contributed by atoms with Crippen LogP contribution in [0.5, 0.6) is 0 Å². The van der Waals surface area contributed by atoms with Crippen LogP contribution in [-0.2, 0) is 0 Å². The molecule has 0 saturated heterocycles. The third-order valence-corrected chi connectivity index (χ3v) is 1.45. The molecule has 1 heterocycles. The van der Waals surface area contributed by atoms with Crippen LogP contribution < -0.4 is 0 Å². The van der Waals surface area contributed by atoms with Crippen molar-refractivity contribution in [1.82, 2.24) is 4.98 Å². The monoisotopic (exact) mass is 141 g/mol. The predicted molar refractivity (Wildman–Crippen MR) is 40.4 cm³/mol. The molecule has 0 atom stereocenters. The summed E-state index contributed by atoms with van der Waals surface area (Å²) in [6, 6.07) is 1.91. The van der Waals surface area contributed by atoms with Gasteiger partial charge >= 0.3 is 0 Å². The van der Waals surface area contributed by atoms with E-state index in [1.165, 1.54) is 0 Å². The quantitative estimate of drug-likeness (QED) is 0.619. The minimum atomic E-state index is 0.591. The molecule has 9 heavy (non-hydrogen) atoms. The maximum Gasteiger partial charge on any atom is 0.0424 e. The van der Waals surface area contributed by atoms with Gasteiger partial charge in [-0.1, -0.05) is 18.2 Å². The largest absolute Gasteiger partial charge is 0.365 e. The number of halogens is 1. The molecule has 1 rings (SSSR count). The summed E-state index contributed by atoms with van der Waals surface area (Å²) in [6.45, 7) is 5.57. The summed E-state index contributed by atoms with van der Waals surface area (Å²) < 4.78 is 0. The van der Waals surface area contributed by atoms with E-state index in [4.69, 9.17) is 11.6 Å². The fourth-order valence-corrected chi connectivity index (χ4v) is 0.951. The predicted octanol–water partition coefficient (Wildman–Crippen LogP) is 2.53. The van der Waals surface area contributed by atoms with Gasteiger partial charge in [0.05, 0.1) is 0 Å². The lowest BCUT2D eigenvalue weighted by Gasteiger charge is -1.91. The van der Waals surface area contributed by atoms with Gasteiger partial charge in [0.1, 0.15) is 0 Å². The molecule has 1 aromatic rings. The lowest BCUT2D eigenvalue weighted by Crippen LogP contribution is -1.74. The fraction of sp³-hybridized carbons (Fsp3) is 0.143. The highest BCUT2D eigenvalue weighted by atomic mass is 35.5. The Labute approximate surface area is 59.3 Å². The minimum absolute atomic E-state index is 0.591. The summed E-state index contributed by atoms with van der Waals surface area (Å²) in [6.07, 6.45) is 1.85. The average molecular weight is 142 g/mol. The molecule has 0 aromatic carbocycles. The molecule has 1 N–H and O–H groups in total. The Balaban J connectivity index is 3.08. The maximum atomic E-state index is 5.64. The molecule has 0 bridgehead atoms. The molecule has 0 aliphatic carbocycles. The van der Waals surface area contributed by atoms with Gasteiger partial charge in [-0.15, -0.1) is 0 Å². The normalized spacial score (nSPS) is 9.56. The minimum Gasteiger partial charge on any atom is -0.365 e. The summed E-state index contributed by atoms with van der Waals surface area (Å²) in [4.78, 5) is 3.00. The van der Waals surface area contributed by atoms with Crippen LogP contribution in [0.25, 0.3) is 5.03 Å². The van der Waals surface area contributed by atoms with Crippen LogP contribution in [0.4, 0.5) is 0 Å². The van der Waals surface area contributed by atoms with Crippen LogP contribution in [0.3, 0.4) is 0 Å². The number of aryl methyl sites for hydroxylation is 1. The molecule has 1 nitrogen and oxygen atoms in total. The highest BCUT2D eigenvalue weighted by Crippen LogP contribution is 2.18. The van der Waals surface area contributed by atoms with Gasteiger partial charge in [-0.25, -0.2) is 0 Å². The summed E-state index contributed by atoms with van der Waals surface area (Å²) in [5.74, 6) is 0. The molecule has 1 aromatic heterocycles. The Morgan fingerprint density at radius 1 is 1.78 bits per heavy atom. The summed E-state index contributed by atoms with van der Waals surface area (Å²) in [7, 11) is 0. The maximum absolute atomic E-state index is 5.64. The molecule has 0 aliphatic heterocycles. The van der Waals surface area contributed by atoms with Crippen LogP contribution in [0.15, 0.2) is 18.8 Å². The van der Waals surface area contributed by atoms with Crippen molar-refractivity contribution in [2.75, 3.05) is 0 Å². The summed E-state index contributed by atoms with van der Waals surface area (Å²) in [5.41, 5.74) is 2.06. The van der Waals surface area contributed by atoms with E-state index in [1.54, 1.807) is 0 Å². The van der Waals surface area contributed by atoms with Crippen molar-refractivity contribution < 1.29 is 0 Å².